The van der Waals surface area contributed by atoms with Gasteiger partial charge in [-0.1, -0.05) is 41.6 Å². The van der Waals surface area contributed by atoms with Crippen LogP contribution in [0, 0.1) is 12.3 Å². The second-order valence-electron chi connectivity index (χ2n) is 6.15. The molecule has 0 saturated carbocycles. The van der Waals surface area contributed by atoms with Gasteiger partial charge in [-0.15, -0.1) is 17.4 Å². The molecule has 1 atom stereocenters. The minimum atomic E-state index is -1.21. The number of amides is 1. The number of tetrazole rings is 1. The van der Waals surface area contributed by atoms with E-state index in [9.17, 15) is 4.79 Å². The van der Waals surface area contributed by atoms with E-state index >= 15 is 0 Å². The van der Waals surface area contributed by atoms with Crippen molar-refractivity contribution in [1.29, 1.82) is 0 Å². The van der Waals surface area contributed by atoms with Gasteiger partial charge >= 0.3 is 6.09 Å². The van der Waals surface area contributed by atoms with E-state index in [4.69, 9.17) is 16.4 Å². The maximum atomic E-state index is 10.9. The Bertz CT molecular complexity index is 1070. The average Bonchev–Trinajstić information content (AvgIpc) is 3.16. The summed E-state index contributed by atoms with van der Waals surface area (Å²) in [6.45, 7) is 0. The lowest BCUT2D eigenvalue weighted by molar-refractivity contribution is 0.0504. The number of hydrogen-bond acceptors (Lipinski definition) is 7. The molecular formula is C20H19N7O3. The third kappa shape index (κ3) is 5.17. The number of terminal acetylenes is 1. The van der Waals surface area contributed by atoms with Gasteiger partial charge < -0.3 is 9.94 Å². The first-order valence-electron chi connectivity index (χ1n) is 9.01. The molecule has 1 aromatic carbocycles. The number of hydrogen-bond donors (Lipinski definition) is 2. The van der Waals surface area contributed by atoms with Gasteiger partial charge in [0, 0.05) is 25.5 Å². The van der Waals surface area contributed by atoms with Crippen molar-refractivity contribution >= 4 is 17.6 Å². The van der Waals surface area contributed by atoms with Gasteiger partial charge in [0.1, 0.15) is 5.82 Å². The average molecular weight is 405 g/mol. The predicted molar refractivity (Wildman–Crippen MR) is 109 cm³/mol. The molecule has 0 aliphatic carbocycles. The van der Waals surface area contributed by atoms with Gasteiger partial charge in [0.15, 0.2) is 11.8 Å². The highest BCUT2D eigenvalue weighted by Crippen LogP contribution is 2.23. The summed E-state index contributed by atoms with van der Waals surface area (Å²) in [7, 11) is 1.70. The lowest BCUT2D eigenvalue weighted by atomic mass is 10.1. The number of rotatable bonds is 8. The summed E-state index contributed by atoms with van der Waals surface area (Å²) >= 11 is 0. The van der Waals surface area contributed by atoms with Crippen molar-refractivity contribution in [2.75, 3.05) is 5.32 Å². The molecule has 3 aromatic rings. The number of oxime groups is 1. The summed E-state index contributed by atoms with van der Waals surface area (Å²) in [5.41, 5.74) is 1.69. The van der Waals surface area contributed by atoms with Crippen LogP contribution in [0.25, 0.3) is 0 Å². The van der Waals surface area contributed by atoms with Crippen molar-refractivity contribution in [2.24, 2.45) is 12.2 Å². The summed E-state index contributed by atoms with van der Waals surface area (Å²) in [5.74, 6) is 3.17. The highest BCUT2D eigenvalue weighted by Gasteiger charge is 2.19. The van der Waals surface area contributed by atoms with Gasteiger partial charge in [-0.25, -0.2) is 14.5 Å². The second-order valence-corrected chi connectivity index (χ2v) is 6.15. The van der Waals surface area contributed by atoms with E-state index in [1.54, 1.807) is 25.2 Å². The fraction of sp³-hybridized carbons (Fsp3) is 0.200. The Balaban J connectivity index is 1.94. The van der Waals surface area contributed by atoms with Crippen LogP contribution in [0.4, 0.5) is 10.6 Å². The van der Waals surface area contributed by atoms with Crippen molar-refractivity contribution < 1.29 is 14.7 Å². The van der Waals surface area contributed by atoms with E-state index in [1.807, 2.05) is 30.3 Å². The summed E-state index contributed by atoms with van der Waals surface area (Å²) in [6.07, 6.45) is 4.46. The van der Waals surface area contributed by atoms with Crippen LogP contribution in [0.3, 0.4) is 0 Å². The first kappa shape index (κ1) is 20.5. The van der Waals surface area contributed by atoms with Gasteiger partial charge in [-0.2, -0.15) is 0 Å². The van der Waals surface area contributed by atoms with Crippen molar-refractivity contribution in [3.63, 3.8) is 0 Å². The van der Waals surface area contributed by atoms with Crippen molar-refractivity contribution in [3.8, 4) is 12.3 Å². The Hall–Kier alpha value is -4.26. The van der Waals surface area contributed by atoms with Gasteiger partial charge in [0.05, 0.1) is 5.69 Å². The molecule has 1 unspecified atom stereocenters. The number of carbonyl (C=O) groups is 1. The van der Waals surface area contributed by atoms with E-state index < -0.39 is 12.2 Å². The number of carboxylic acid groups (broad SMARTS) is 1. The minimum Gasteiger partial charge on any atom is -0.465 e. The Morgan fingerprint density at radius 3 is 2.77 bits per heavy atom. The largest absolute Gasteiger partial charge is 0.465 e. The molecule has 1 amide bonds. The molecule has 152 valence electrons. The maximum Gasteiger partial charge on any atom is 0.410 e. The SMILES string of the molecule is C#CCCC(O/N=C(/c1ccccc1)c1nnnn1C)c1cccc(NC(=O)O)n1. The molecule has 0 spiro atoms. The van der Waals surface area contributed by atoms with Crippen molar-refractivity contribution in [1.82, 2.24) is 25.2 Å². The van der Waals surface area contributed by atoms with Crippen molar-refractivity contribution in [2.45, 2.75) is 18.9 Å². The van der Waals surface area contributed by atoms with Gasteiger partial charge in [0.2, 0.25) is 5.82 Å². The summed E-state index contributed by atoms with van der Waals surface area (Å²) in [5, 5.41) is 27.0. The van der Waals surface area contributed by atoms with E-state index in [2.05, 4.69) is 36.9 Å². The van der Waals surface area contributed by atoms with Crippen LogP contribution < -0.4 is 5.32 Å². The van der Waals surface area contributed by atoms with E-state index in [0.717, 1.165) is 5.56 Å². The third-order valence-electron chi connectivity index (χ3n) is 4.04. The standard InChI is InChI=1S/C20H19N7O3/c1-3-4-12-16(15-11-8-13-17(21-15)22-20(28)29)30-24-18(14-9-6-5-7-10-14)19-23-25-26-27(19)2/h1,5-11,13,16H,4,12H2,2H3,(H,21,22)(H,28,29)/b24-18-. The zero-order chi connectivity index (χ0) is 21.3. The predicted octanol–water partition coefficient (Wildman–Crippen LogP) is 2.62. The number of anilines is 1. The van der Waals surface area contributed by atoms with Gasteiger partial charge in [0.25, 0.3) is 0 Å². The van der Waals surface area contributed by atoms with Gasteiger partial charge in [-0.05, 0) is 22.6 Å². The molecule has 3 rings (SSSR count). The van der Waals surface area contributed by atoms with Crippen LogP contribution in [0.5, 0.6) is 0 Å². The lowest BCUT2D eigenvalue weighted by Crippen LogP contribution is -2.14. The van der Waals surface area contributed by atoms with E-state index in [-0.39, 0.29) is 5.82 Å². The molecule has 30 heavy (non-hydrogen) atoms. The molecule has 10 nitrogen and oxygen atoms in total. The number of aryl methyl sites for hydroxylation is 1. The van der Waals surface area contributed by atoms with E-state index in [0.29, 0.717) is 30.1 Å². The molecule has 2 aromatic heterocycles. The van der Waals surface area contributed by atoms with Crippen LogP contribution in [-0.4, -0.2) is 42.1 Å². The van der Waals surface area contributed by atoms with Crippen LogP contribution in [0.1, 0.15) is 36.0 Å². The zero-order valence-corrected chi connectivity index (χ0v) is 16.1. The Morgan fingerprint density at radius 2 is 2.10 bits per heavy atom. The molecule has 10 heteroatoms. The van der Waals surface area contributed by atoms with Crippen LogP contribution in [0.15, 0.2) is 53.7 Å². The Labute approximate surface area is 172 Å². The molecule has 0 aliphatic rings. The quantitative estimate of drug-likeness (QED) is 0.335. The number of nitrogens with zero attached hydrogens (tertiary/aromatic N) is 6. The van der Waals surface area contributed by atoms with Crippen LogP contribution >= 0.6 is 0 Å². The van der Waals surface area contributed by atoms with Crippen LogP contribution in [0.2, 0.25) is 0 Å². The molecule has 0 saturated heterocycles. The second kappa shape index (κ2) is 9.79. The fourth-order valence-corrected chi connectivity index (χ4v) is 2.64. The van der Waals surface area contributed by atoms with Gasteiger partial charge in [-0.3, -0.25) is 5.32 Å². The number of nitrogens with one attached hydrogen (secondary N) is 1. The normalized spacial score (nSPS) is 12.1. The summed E-state index contributed by atoms with van der Waals surface area (Å²) in [6, 6.07) is 14.3. The number of benzene rings is 1. The van der Waals surface area contributed by atoms with E-state index in [1.165, 1.54) is 4.68 Å². The molecule has 0 aliphatic heterocycles. The highest BCUT2D eigenvalue weighted by molar-refractivity contribution is 6.10. The summed E-state index contributed by atoms with van der Waals surface area (Å²) in [4.78, 5) is 21.0. The summed E-state index contributed by atoms with van der Waals surface area (Å²) < 4.78 is 1.49. The lowest BCUT2D eigenvalue weighted by Gasteiger charge is -2.15. The topological polar surface area (TPSA) is 127 Å². The maximum absolute atomic E-state index is 10.9. The highest BCUT2D eigenvalue weighted by atomic mass is 16.6. The Kier molecular flexibility index (Phi) is 6.68. The molecule has 0 fully saturated rings. The molecule has 2 N–H and O–H groups in total. The first-order chi connectivity index (χ1) is 14.6. The third-order valence-corrected chi connectivity index (χ3v) is 4.04. The monoisotopic (exact) mass is 405 g/mol. The molecular weight excluding hydrogens is 386 g/mol. The zero-order valence-electron chi connectivity index (χ0n) is 16.1. The van der Waals surface area contributed by atoms with Crippen molar-refractivity contribution in [3.05, 3.63) is 65.6 Å². The first-order valence-corrected chi connectivity index (χ1v) is 9.01. The smallest absolute Gasteiger partial charge is 0.410 e. The Morgan fingerprint density at radius 1 is 1.30 bits per heavy atom. The number of pyridine rings is 1. The van der Waals surface area contributed by atoms with Crippen LogP contribution in [-0.2, 0) is 11.9 Å². The molecule has 0 bridgehead atoms. The fourth-order valence-electron chi connectivity index (χ4n) is 2.64. The molecule has 0 radical (unpaired) electrons. The molecule has 2 heterocycles. The minimum absolute atomic E-state index is 0.180. The number of aromatic nitrogens is 5.